The van der Waals surface area contributed by atoms with Crippen LogP contribution in [0, 0.1) is 0 Å². The minimum atomic E-state index is -0.394. The van der Waals surface area contributed by atoms with Crippen LogP contribution >= 0.6 is 0 Å². The molecule has 0 atom stereocenters. The van der Waals surface area contributed by atoms with Crippen LogP contribution in [-0.2, 0) is 12.0 Å². The quantitative estimate of drug-likeness (QED) is 0.833. The van der Waals surface area contributed by atoms with E-state index in [0.29, 0.717) is 37.1 Å². The predicted octanol–water partition coefficient (Wildman–Crippen LogP) is 2.26. The maximum Gasteiger partial charge on any atom is 0.256 e. The van der Waals surface area contributed by atoms with Gasteiger partial charge in [0.15, 0.2) is 0 Å². The molecule has 26 heavy (non-hydrogen) atoms. The van der Waals surface area contributed by atoms with Crippen LogP contribution in [0.1, 0.15) is 51.9 Å². The number of pyridine rings is 2. The molecule has 2 aromatic heterocycles. The summed E-state index contributed by atoms with van der Waals surface area (Å²) < 4.78 is 0. The lowest BCUT2D eigenvalue weighted by Crippen LogP contribution is -2.51. The molecule has 0 saturated carbocycles. The molecule has 1 spiro atoms. The van der Waals surface area contributed by atoms with Gasteiger partial charge >= 0.3 is 0 Å². The Morgan fingerprint density at radius 1 is 1.19 bits per heavy atom. The van der Waals surface area contributed by atoms with E-state index < -0.39 is 5.54 Å². The number of amides is 2. The van der Waals surface area contributed by atoms with E-state index in [2.05, 4.69) is 9.97 Å². The molecule has 2 aromatic rings. The average molecular weight is 350 g/mol. The van der Waals surface area contributed by atoms with Gasteiger partial charge in [0, 0.05) is 38.2 Å². The summed E-state index contributed by atoms with van der Waals surface area (Å²) in [5.74, 6) is 0.0236. The number of likely N-dealkylation sites (tertiary alicyclic amines) is 1. The molecule has 0 bridgehead atoms. The van der Waals surface area contributed by atoms with Crippen LogP contribution in [0.3, 0.4) is 0 Å². The Balaban J connectivity index is 1.54. The SMILES string of the molecule is CCc1ccc(C(=O)N2CCC3(CC2)c2ncccc2C(=O)N3C)cn1. The van der Waals surface area contributed by atoms with Crippen LogP contribution in [-0.4, -0.2) is 51.7 Å². The van der Waals surface area contributed by atoms with Crippen LogP contribution in [0.25, 0.3) is 0 Å². The number of aryl methyl sites for hydroxylation is 1. The van der Waals surface area contributed by atoms with Crippen LogP contribution in [0.2, 0.25) is 0 Å². The monoisotopic (exact) mass is 350 g/mol. The molecule has 4 heterocycles. The van der Waals surface area contributed by atoms with Crippen molar-refractivity contribution < 1.29 is 9.59 Å². The van der Waals surface area contributed by atoms with Crippen LogP contribution < -0.4 is 0 Å². The minimum Gasteiger partial charge on any atom is -0.338 e. The number of carbonyl (C=O) groups excluding carboxylic acids is 2. The van der Waals surface area contributed by atoms with Crippen molar-refractivity contribution in [2.45, 2.75) is 31.7 Å². The standard InChI is InChI=1S/C20H22N4O2/c1-3-15-7-6-14(13-22-15)18(25)24-11-8-20(9-12-24)17-16(5-4-10-21-17)19(26)23(20)2/h4-7,10,13H,3,8-9,11-12H2,1-2H3. The molecule has 0 aromatic carbocycles. The number of nitrogens with zero attached hydrogens (tertiary/aromatic N) is 4. The molecular formula is C20H22N4O2. The number of hydrogen-bond acceptors (Lipinski definition) is 4. The van der Waals surface area contributed by atoms with Gasteiger partial charge in [-0.05, 0) is 43.5 Å². The van der Waals surface area contributed by atoms with E-state index in [0.717, 1.165) is 17.8 Å². The first-order valence-corrected chi connectivity index (χ1v) is 9.04. The molecule has 6 nitrogen and oxygen atoms in total. The number of piperidine rings is 1. The second kappa shape index (κ2) is 6.20. The van der Waals surface area contributed by atoms with Gasteiger partial charge in [-0.1, -0.05) is 6.92 Å². The lowest BCUT2D eigenvalue weighted by Gasteiger charge is -2.43. The highest BCUT2D eigenvalue weighted by Gasteiger charge is 2.50. The van der Waals surface area contributed by atoms with E-state index in [1.54, 1.807) is 18.5 Å². The largest absolute Gasteiger partial charge is 0.338 e. The fourth-order valence-electron chi connectivity index (χ4n) is 4.08. The fraction of sp³-hybridized carbons (Fsp3) is 0.400. The number of rotatable bonds is 2. The molecule has 6 heteroatoms. The van der Waals surface area contributed by atoms with Crippen molar-refractivity contribution in [1.82, 2.24) is 19.8 Å². The van der Waals surface area contributed by atoms with Gasteiger partial charge in [-0.3, -0.25) is 19.6 Å². The number of carbonyl (C=O) groups is 2. The van der Waals surface area contributed by atoms with E-state index in [1.165, 1.54) is 0 Å². The highest BCUT2D eigenvalue weighted by Crippen LogP contribution is 2.44. The zero-order chi connectivity index (χ0) is 18.3. The molecule has 0 N–H and O–H groups in total. The third kappa shape index (κ3) is 2.40. The third-order valence-corrected chi connectivity index (χ3v) is 5.74. The van der Waals surface area contributed by atoms with Gasteiger partial charge in [-0.15, -0.1) is 0 Å². The normalized spacial score (nSPS) is 18.3. The van der Waals surface area contributed by atoms with Gasteiger partial charge in [0.2, 0.25) is 0 Å². The van der Waals surface area contributed by atoms with E-state index >= 15 is 0 Å². The minimum absolute atomic E-state index is 0.00299. The molecule has 4 rings (SSSR count). The summed E-state index contributed by atoms with van der Waals surface area (Å²) >= 11 is 0. The number of hydrogen-bond donors (Lipinski definition) is 0. The van der Waals surface area contributed by atoms with Crippen LogP contribution in [0.4, 0.5) is 0 Å². The van der Waals surface area contributed by atoms with Gasteiger partial charge in [0.05, 0.1) is 22.4 Å². The Hall–Kier alpha value is -2.76. The lowest BCUT2D eigenvalue weighted by molar-refractivity contribution is 0.0336. The zero-order valence-electron chi connectivity index (χ0n) is 15.1. The molecule has 1 fully saturated rings. The van der Waals surface area contributed by atoms with Gasteiger partial charge in [-0.25, -0.2) is 0 Å². The summed E-state index contributed by atoms with van der Waals surface area (Å²) in [4.78, 5) is 37.8. The van der Waals surface area contributed by atoms with E-state index in [1.807, 2.05) is 42.0 Å². The summed E-state index contributed by atoms with van der Waals surface area (Å²) in [6, 6.07) is 7.40. The van der Waals surface area contributed by atoms with Crippen molar-refractivity contribution in [1.29, 1.82) is 0 Å². The van der Waals surface area contributed by atoms with Crippen LogP contribution in [0.15, 0.2) is 36.7 Å². The van der Waals surface area contributed by atoms with E-state index in [4.69, 9.17) is 0 Å². The molecule has 2 amide bonds. The fourth-order valence-corrected chi connectivity index (χ4v) is 4.08. The van der Waals surface area contributed by atoms with E-state index in [9.17, 15) is 9.59 Å². The Bertz CT molecular complexity index is 854. The molecule has 0 aliphatic carbocycles. The predicted molar refractivity (Wildman–Crippen MR) is 96.8 cm³/mol. The summed E-state index contributed by atoms with van der Waals surface area (Å²) in [5, 5.41) is 0. The Morgan fingerprint density at radius 2 is 1.96 bits per heavy atom. The number of fused-ring (bicyclic) bond motifs is 2. The van der Waals surface area contributed by atoms with E-state index in [-0.39, 0.29) is 11.8 Å². The van der Waals surface area contributed by atoms with Crippen molar-refractivity contribution in [3.05, 3.63) is 59.2 Å². The highest BCUT2D eigenvalue weighted by molar-refractivity contribution is 5.99. The van der Waals surface area contributed by atoms with Crippen LogP contribution in [0.5, 0.6) is 0 Å². The first kappa shape index (κ1) is 16.7. The maximum absolute atomic E-state index is 12.8. The molecule has 0 radical (unpaired) electrons. The summed E-state index contributed by atoms with van der Waals surface area (Å²) in [6.07, 6.45) is 5.66. The second-order valence-electron chi connectivity index (χ2n) is 6.98. The number of aromatic nitrogens is 2. The van der Waals surface area contributed by atoms with Gasteiger partial charge in [0.1, 0.15) is 0 Å². The molecule has 2 aliphatic heterocycles. The Labute approximate surface area is 152 Å². The van der Waals surface area contributed by atoms with Crippen molar-refractivity contribution >= 4 is 11.8 Å². The third-order valence-electron chi connectivity index (χ3n) is 5.74. The summed E-state index contributed by atoms with van der Waals surface area (Å²) in [5.41, 5.74) is 2.75. The first-order chi connectivity index (χ1) is 12.6. The summed E-state index contributed by atoms with van der Waals surface area (Å²) in [7, 11) is 1.84. The molecule has 2 aliphatic rings. The zero-order valence-corrected chi connectivity index (χ0v) is 15.1. The Kier molecular flexibility index (Phi) is 3.98. The van der Waals surface area contributed by atoms with Gasteiger partial charge in [0.25, 0.3) is 11.8 Å². The topological polar surface area (TPSA) is 66.4 Å². The van der Waals surface area contributed by atoms with Gasteiger partial charge < -0.3 is 9.80 Å². The van der Waals surface area contributed by atoms with Crippen molar-refractivity contribution in [2.24, 2.45) is 0 Å². The average Bonchev–Trinajstić information content (AvgIpc) is 2.91. The first-order valence-electron chi connectivity index (χ1n) is 9.04. The second-order valence-corrected chi connectivity index (χ2v) is 6.98. The smallest absolute Gasteiger partial charge is 0.256 e. The molecule has 1 saturated heterocycles. The van der Waals surface area contributed by atoms with Crippen molar-refractivity contribution in [3.8, 4) is 0 Å². The van der Waals surface area contributed by atoms with Crippen molar-refractivity contribution in [3.63, 3.8) is 0 Å². The molecule has 0 unspecified atom stereocenters. The Morgan fingerprint density at radius 3 is 2.62 bits per heavy atom. The molecular weight excluding hydrogens is 328 g/mol. The molecule has 134 valence electrons. The van der Waals surface area contributed by atoms with Gasteiger partial charge in [-0.2, -0.15) is 0 Å². The highest BCUT2D eigenvalue weighted by atomic mass is 16.2. The lowest BCUT2D eigenvalue weighted by atomic mass is 9.84. The maximum atomic E-state index is 12.8. The summed E-state index contributed by atoms with van der Waals surface area (Å²) in [6.45, 7) is 3.24. The van der Waals surface area contributed by atoms with Crippen molar-refractivity contribution in [2.75, 3.05) is 20.1 Å².